The van der Waals surface area contributed by atoms with Gasteiger partial charge in [-0.1, -0.05) is 11.6 Å². The number of ether oxygens (including phenoxy) is 1. The van der Waals surface area contributed by atoms with E-state index in [9.17, 15) is 9.59 Å². The average Bonchev–Trinajstić information content (AvgIpc) is 2.99. The Morgan fingerprint density at radius 3 is 2.25 bits per heavy atom. The number of thiophene rings is 1. The van der Waals surface area contributed by atoms with Gasteiger partial charge in [0, 0.05) is 22.8 Å². The van der Waals surface area contributed by atoms with Crippen LogP contribution < -0.4 is 10.6 Å². The van der Waals surface area contributed by atoms with E-state index < -0.39 is 6.09 Å². The maximum absolute atomic E-state index is 12.4. The van der Waals surface area contributed by atoms with Crippen LogP contribution in [0.15, 0.2) is 36.4 Å². The second-order valence-electron chi connectivity index (χ2n) is 4.84. The van der Waals surface area contributed by atoms with E-state index in [0.29, 0.717) is 28.8 Å². The van der Waals surface area contributed by atoms with Crippen LogP contribution in [0.4, 0.5) is 21.0 Å². The molecule has 0 saturated heterocycles. The summed E-state index contributed by atoms with van der Waals surface area (Å²) < 4.78 is 5.22. The molecule has 0 aliphatic rings. The minimum Gasteiger partial charge on any atom is -0.453 e. The zero-order valence-corrected chi connectivity index (χ0v) is 14.9. The van der Waals surface area contributed by atoms with Crippen molar-refractivity contribution in [2.45, 2.75) is 13.5 Å². The number of hydrogen-bond donors (Lipinski definition) is 2. The lowest BCUT2D eigenvalue weighted by atomic mass is 10.3. The van der Waals surface area contributed by atoms with Crippen LogP contribution in [-0.4, -0.2) is 30.7 Å². The molecule has 2 aromatic rings. The Hall–Kier alpha value is -2.25. The third-order valence-corrected chi connectivity index (χ3v) is 4.43. The van der Waals surface area contributed by atoms with E-state index in [1.807, 2.05) is 19.1 Å². The van der Waals surface area contributed by atoms with Crippen molar-refractivity contribution >= 4 is 46.4 Å². The predicted molar refractivity (Wildman–Crippen MR) is 96.9 cm³/mol. The molecular formula is C16H18ClN3O3S. The normalized spacial score (nSPS) is 10.1. The number of anilines is 2. The molecule has 0 spiro atoms. The highest BCUT2D eigenvalue weighted by Gasteiger charge is 2.13. The van der Waals surface area contributed by atoms with Crippen molar-refractivity contribution in [1.29, 1.82) is 0 Å². The van der Waals surface area contributed by atoms with Crippen LogP contribution >= 0.6 is 22.9 Å². The van der Waals surface area contributed by atoms with E-state index in [2.05, 4.69) is 15.4 Å². The number of methoxy groups -OCH3 is 1. The molecule has 128 valence electrons. The summed E-state index contributed by atoms with van der Waals surface area (Å²) in [6.45, 7) is 2.99. The molecule has 0 aliphatic carbocycles. The van der Waals surface area contributed by atoms with Crippen LogP contribution in [0.5, 0.6) is 0 Å². The number of nitrogens with zero attached hydrogens (tertiary/aromatic N) is 1. The molecule has 1 aromatic carbocycles. The predicted octanol–water partition coefficient (Wildman–Crippen LogP) is 4.63. The summed E-state index contributed by atoms with van der Waals surface area (Å²) in [6, 6.07) is 10.3. The molecular weight excluding hydrogens is 350 g/mol. The van der Waals surface area contributed by atoms with Crippen LogP contribution in [0.1, 0.15) is 11.8 Å². The van der Waals surface area contributed by atoms with E-state index in [1.165, 1.54) is 18.4 Å². The second-order valence-corrected chi connectivity index (χ2v) is 6.64. The van der Waals surface area contributed by atoms with E-state index in [1.54, 1.807) is 29.2 Å². The van der Waals surface area contributed by atoms with E-state index in [-0.39, 0.29) is 6.03 Å². The molecule has 0 atom stereocenters. The highest BCUT2D eigenvalue weighted by atomic mass is 35.5. The lowest BCUT2D eigenvalue weighted by Gasteiger charge is -2.20. The monoisotopic (exact) mass is 367 g/mol. The fourth-order valence-corrected chi connectivity index (χ4v) is 3.06. The number of halogens is 1. The minimum atomic E-state index is -0.543. The summed E-state index contributed by atoms with van der Waals surface area (Å²) in [5, 5.41) is 5.37. The zero-order valence-electron chi connectivity index (χ0n) is 13.3. The number of nitrogens with one attached hydrogen (secondary N) is 2. The Kier molecular flexibility index (Phi) is 6.45. The number of benzene rings is 1. The van der Waals surface area contributed by atoms with Gasteiger partial charge in [-0.2, -0.15) is 0 Å². The third-order valence-electron chi connectivity index (χ3n) is 3.21. The highest BCUT2D eigenvalue weighted by molar-refractivity contribution is 7.16. The molecule has 0 saturated carbocycles. The van der Waals surface area contributed by atoms with Gasteiger partial charge in [-0.3, -0.25) is 5.32 Å². The van der Waals surface area contributed by atoms with Gasteiger partial charge in [0.05, 0.1) is 18.0 Å². The van der Waals surface area contributed by atoms with Crippen LogP contribution in [-0.2, 0) is 11.3 Å². The van der Waals surface area contributed by atoms with Gasteiger partial charge in [0.1, 0.15) is 0 Å². The van der Waals surface area contributed by atoms with Crippen molar-refractivity contribution in [2.24, 2.45) is 0 Å². The SMILES string of the molecule is CCN(Cc1ccc(Cl)s1)C(=O)Nc1ccc(NC(=O)OC)cc1. The first-order valence-electron chi connectivity index (χ1n) is 7.27. The topological polar surface area (TPSA) is 70.7 Å². The fraction of sp³-hybridized carbons (Fsp3) is 0.250. The number of rotatable bonds is 5. The highest BCUT2D eigenvalue weighted by Crippen LogP contribution is 2.23. The maximum atomic E-state index is 12.4. The lowest BCUT2D eigenvalue weighted by molar-refractivity contribution is 0.187. The number of amides is 3. The first-order chi connectivity index (χ1) is 11.5. The quantitative estimate of drug-likeness (QED) is 0.809. The van der Waals surface area contributed by atoms with Crippen molar-refractivity contribution < 1.29 is 14.3 Å². The third kappa shape index (κ3) is 5.14. The van der Waals surface area contributed by atoms with Gasteiger partial charge in [0.15, 0.2) is 0 Å². The van der Waals surface area contributed by atoms with Gasteiger partial charge in [-0.15, -0.1) is 11.3 Å². The van der Waals surface area contributed by atoms with Gasteiger partial charge in [0.2, 0.25) is 0 Å². The van der Waals surface area contributed by atoms with E-state index in [4.69, 9.17) is 11.6 Å². The Bertz CT molecular complexity index is 703. The summed E-state index contributed by atoms with van der Waals surface area (Å²) in [4.78, 5) is 26.2. The second kappa shape index (κ2) is 8.56. The molecule has 0 aliphatic heterocycles. The van der Waals surface area contributed by atoms with Gasteiger partial charge >= 0.3 is 12.1 Å². The largest absolute Gasteiger partial charge is 0.453 e. The van der Waals surface area contributed by atoms with Gasteiger partial charge < -0.3 is 15.0 Å². The molecule has 3 amide bonds. The average molecular weight is 368 g/mol. The van der Waals surface area contributed by atoms with Crippen LogP contribution in [0.25, 0.3) is 0 Å². The molecule has 2 rings (SSSR count). The first-order valence-corrected chi connectivity index (χ1v) is 8.46. The smallest absolute Gasteiger partial charge is 0.411 e. The summed E-state index contributed by atoms with van der Waals surface area (Å²) in [6.07, 6.45) is -0.543. The number of urea groups is 1. The molecule has 0 fully saturated rings. The Morgan fingerprint density at radius 1 is 1.12 bits per heavy atom. The minimum absolute atomic E-state index is 0.198. The Labute approximate surface area is 149 Å². The van der Waals surface area contributed by atoms with Crippen LogP contribution in [0, 0.1) is 0 Å². The summed E-state index contributed by atoms with van der Waals surface area (Å²) in [5.41, 5.74) is 1.22. The number of carbonyl (C=O) groups is 2. The van der Waals surface area contributed by atoms with Crippen molar-refractivity contribution in [1.82, 2.24) is 4.90 Å². The molecule has 1 aromatic heterocycles. The summed E-state index contributed by atoms with van der Waals surface area (Å²) in [7, 11) is 1.30. The molecule has 6 nitrogen and oxygen atoms in total. The summed E-state index contributed by atoms with van der Waals surface area (Å²) >= 11 is 7.37. The molecule has 8 heteroatoms. The summed E-state index contributed by atoms with van der Waals surface area (Å²) in [5.74, 6) is 0. The van der Waals surface area contributed by atoms with Gasteiger partial charge in [-0.25, -0.2) is 9.59 Å². The molecule has 24 heavy (non-hydrogen) atoms. The molecule has 0 bridgehead atoms. The molecule has 1 heterocycles. The van der Waals surface area contributed by atoms with Crippen molar-refractivity contribution in [3.63, 3.8) is 0 Å². The van der Waals surface area contributed by atoms with Crippen molar-refractivity contribution in [2.75, 3.05) is 24.3 Å². The van der Waals surface area contributed by atoms with E-state index >= 15 is 0 Å². The number of hydrogen-bond acceptors (Lipinski definition) is 4. The standard InChI is InChI=1S/C16H18ClN3O3S/c1-3-20(10-13-8-9-14(17)24-13)15(21)18-11-4-6-12(7-5-11)19-16(22)23-2/h4-9H,3,10H2,1-2H3,(H,18,21)(H,19,22). The lowest BCUT2D eigenvalue weighted by Crippen LogP contribution is -2.34. The number of carbonyl (C=O) groups excluding carboxylic acids is 2. The first kappa shape index (κ1) is 18.1. The van der Waals surface area contributed by atoms with Gasteiger partial charge in [0.25, 0.3) is 0 Å². The van der Waals surface area contributed by atoms with Crippen LogP contribution in [0.3, 0.4) is 0 Å². The molecule has 0 unspecified atom stereocenters. The Balaban J connectivity index is 1.95. The zero-order chi connectivity index (χ0) is 17.5. The molecule has 2 N–H and O–H groups in total. The van der Waals surface area contributed by atoms with Gasteiger partial charge in [-0.05, 0) is 43.3 Å². The molecule has 0 radical (unpaired) electrons. The fourth-order valence-electron chi connectivity index (χ4n) is 1.96. The van der Waals surface area contributed by atoms with Crippen molar-refractivity contribution in [3.8, 4) is 0 Å². The maximum Gasteiger partial charge on any atom is 0.411 e. The van der Waals surface area contributed by atoms with Crippen molar-refractivity contribution in [3.05, 3.63) is 45.6 Å². The Morgan fingerprint density at radius 2 is 1.75 bits per heavy atom. The van der Waals surface area contributed by atoms with E-state index in [0.717, 1.165) is 4.88 Å². The van der Waals surface area contributed by atoms with Crippen LogP contribution in [0.2, 0.25) is 4.34 Å².